The second kappa shape index (κ2) is 10.4. The highest BCUT2D eigenvalue weighted by Crippen LogP contribution is 2.47. The minimum Gasteiger partial charge on any atom is -0.392 e. The Balaban J connectivity index is 2.58. The van der Waals surface area contributed by atoms with Crippen LogP contribution in [-0.2, 0) is 4.74 Å². The Bertz CT molecular complexity index is 549. The molecule has 1 fully saturated rings. The van der Waals surface area contributed by atoms with Crippen molar-refractivity contribution in [3.63, 3.8) is 0 Å². The number of hydrogen-bond acceptors (Lipinski definition) is 3. The van der Waals surface area contributed by atoms with E-state index in [0.29, 0.717) is 26.3 Å². The van der Waals surface area contributed by atoms with Gasteiger partial charge in [0, 0.05) is 51.7 Å². The largest absolute Gasteiger partial charge is 0.392 e. The standard InChI is InChI=1S/C17H24F11NO2/c18-13(19,9-12(30)10-29-5-7-31-8-6-29)1-2-14(20,21)11-16(24,25)15(22,23)3-4-17(26,27)28/h12,30H,1-11H2. The molecular formula is C17H24F11NO2. The van der Waals surface area contributed by atoms with Crippen molar-refractivity contribution in [3.8, 4) is 0 Å². The molecule has 0 aliphatic carbocycles. The first-order chi connectivity index (χ1) is 13.8. The Hall–Kier alpha value is -0.890. The van der Waals surface area contributed by atoms with Crippen LogP contribution in [0.25, 0.3) is 0 Å². The zero-order valence-electron chi connectivity index (χ0n) is 16.3. The zero-order chi connectivity index (χ0) is 24.1. The second-order valence-corrected chi connectivity index (χ2v) is 7.68. The number of morpholine rings is 1. The lowest BCUT2D eigenvalue weighted by molar-refractivity contribution is -0.252. The van der Waals surface area contributed by atoms with Gasteiger partial charge in [0.2, 0.25) is 0 Å². The topological polar surface area (TPSA) is 32.7 Å². The average Bonchev–Trinajstić information content (AvgIpc) is 2.57. The number of aliphatic hydroxyl groups is 1. The van der Waals surface area contributed by atoms with E-state index < -0.39 is 74.5 Å². The molecule has 1 unspecified atom stereocenters. The summed E-state index contributed by atoms with van der Waals surface area (Å²) in [5, 5.41) is 9.72. The number of aliphatic hydroxyl groups excluding tert-OH is 1. The minimum atomic E-state index is -5.53. The molecule has 0 bridgehead atoms. The van der Waals surface area contributed by atoms with E-state index in [4.69, 9.17) is 4.74 Å². The van der Waals surface area contributed by atoms with E-state index in [-0.39, 0.29) is 6.54 Å². The molecule has 0 amide bonds. The molecule has 1 atom stereocenters. The molecule has 0 saturated carbocycles. The highest BCUT2D eigenvalue weighted by atomic mass is 19.4. The van der Waals surface area contributed by atoms with Crippen molar-refractivity contribution in [3.05, 3.63) is 0 Å². The molecule has 0 spiro atoms. The molecule has 1 N–H and O–H groups in total. The zero-order valence-corrected chi connectivity index (χ0v) is 16.3. The number of hydrogen-bond donors (Lipinski definition) is 1. The van der Waals surface area contributed by atoms with Gasteiger partial charge in [0.15, 0.2) is 0 Å². The fraction of sp³-hybridized carbons (Fsp3) is 1.00. The van der Waals surface area contributed by atoms with E-state index in [1.807, 2.05) is 0 Å². The molecule has 0 aromatic heterocycles. The number of ether oxygens (including phenoxy) is 1. The van der Waals surface area contributed by atoms with Crippen molar-refractivity contribution in [2.24, 2.45) is 0 Å². The average molecular weight is 483 g/mol. The highest BCUT2D eigenvalue weighted by molar-refractivity contribution is 4.90. The van der Waals surface area contributed by atoms with Crippen LogP contribution < -0.4 is 0 Å². The van der Waals surface area contributed by atoms with Gasteiger partial charge in [-0.1, -0.05) is 0 Å². The quantitative estimate of drug-likeness (QED) is 0.391. The van der Waals surface area contributed by atoms with Crippen LogP contribution in [0, 0.1) is 0 Å². The summed E-state index contributed by atoms with van der Waals surface area (Å²) >= 11 is 0. The normalized spacial score (nSPS) is 19.0. The molecule has 1 aliphatic rings. The molecule has 0 radical (unpaired) electrons. The van der Waals surface area contributed by atoms with Crippen molar-refractivity contribution >= 4 is 0 Å². The van der Waals surface area contributed by atoms with Gasteiger partial charge in [-0.25, -0.2) is 17.6 Å². The summed E-state index contributed by atoms with van der Waals surface area (Å²) in [6.45, 7) is 1.16. The van der Waals surface area contributed by atoms with Crippen LogP contribution in [0.2, 0.25) is 0 Å². The van der Waals surface area contributed by atoms with Gasteiger partial charge in [-0.3, -0.25) is 4.90 Å². The first-order valence-electron chi connectivity index (χ1n) is 9.40. The summed E-state index contributed by atoms with van der Waals surface area (Å²) < 4.78 is 150. The minimum absolute atomic E-state index is 0.196. The van der Waals surface area contributed by atoms with Gasteiger partial charge in [-0.15, -0.1) is 0 Å². The van der Waals surface area contributed by atoms with E-state index in [2.05, 4.69) is 0 Å². The number of halogens is 11. The maximum absolute atomic E-state index is 13.9. The van der Waals surface area contributed by atoms with Gasteiger partial charge in [0.05, 0.1) is 25.7 Å². The van der Waals surface area contributed by atoms with E-state index in [1.54, 1.807) is 4.90 Å². The maximum Gasteiger partial charge on any atom is 0.389 e. The molecule has 186 valence electrons. The molecule has 14 heteroatoms. The van der Waals surface area contributed by atoms with Crippen molar-refractivity contribution in [2.45, 2.75) is 74.5 Å². The van der Waals surface area contributed by atoms with E-state index >= 15 is 0 Å². The lowest BCUT2D eigenvalue weighted by Crippen LogP contribution is -2.45. The summed E-state index contributed by atoms with van der Waals surface area (Å²) in [6, 6.07) is 0. The first-order valence-corrected chi connectivity index (χ1v) is 9.40. The van der Waals surface area contributed by atoms with Crippen molar-refractivity contribution < 1.29 is 58.1 Å². The molecule has 1 rings (SSSR count). The van der Waals surface area contributed by atoms with E-state index in [1.165, 1.54) is 0 Å². The summed E-state index contributed by atoms with van der Waals surface area (Å²) in [4.78, 5) is 1.60. The summed E-state index contributed by atoms with van der Waals surface area (Å²) in [5.41, 5.74) is 0. The van der Waals surface area contributed by atoms with Crippen LogP contribution in [-0.4, -0.2) is 78.8 Å². The van der Waals surface area contributed by atoms with Gasteiger partial charge < -0.3 is 9.84 Å². The third kappa shape index (κ3) is 10.5. The van der Waals surface area contributed by atoms with Crippen LogP contribution in [0.1, 0.15) is 38.5 Å². The predicted molar refractivity (Wildman–Crippen MR) is 86.8 cm³/mol. The van der Waals surface area contributed by atoms with Gasteiger partial charge in [-0.05, 0) is 0 Å². The molecule has 0 aromatic rings. The first kappa shape index (κ1) is 28.1. The van der Waals surface area contributed by atoms with Gasteiger partial charge in [0.25, 0.3) is 11.8 Å². The lowest BCUT2D eigenvalue weighted by Gasteiger charge is -2.31. The monoisotopic (exact) mass is 483 g/mol. The van der Waals surface area contributed by atoms with Crippen molar-refractivity contribution in [1.29, 1.82) is 0 Å². The third-order valence-electron chi connectivity index (χ3n) is 4.70. The molecule has 1 aliphatic heterocycles. The van der Waals surface area contributed by atoms with Crippen LogP contribution >= 0.6 is 0 Å². The number of nitrogens with zero attached hydrogens (tertiary/aromatic N) is 1. The van der Waals surface area contributed by atoms with Gasteiger partial charge in [-0.2, -0.15) is 30.7 Å². The van der Waals surface area contributed by atoms with Crippen LogP contribution in [0.3, 0.4) is 0 Å². The maximum atomic E-state index is 13.9. The lowest BCUT2D eigenvalue weighted by atomic mass is 9.95. The fourth-order valence-corrected chi connectivity index (χ4v) is 2.98. The predicted octanol–water partition coefficient (Wildman–Crippen LogP) is 5.12. The van der Waals surface area contributed by atoms with Crippen LogP contribution in [0.4, 0.5) is 48.3 Å². The Kier molecular flexibility index (Phi) is 9.41. The second-order valence-electron chi connectivity index (χ2n) is 7.68. The molecular weight excluding hydrogens is 459 g/mol. The van der Waals surface area contributed by atoms with Crippen molar-refractivity contribution in [1.82, 2.24) is 4.90 Å². The van der Waals surface area contributed by atoms with Crippen LogP contribution in [0.5, 0.6) is 0 Å². The highest BCUT2D eigenvalue weighted by Gasteiger charge is 2.60. The fourth-order valence-electron chi connectivity index (χ4n) is 2.98. The molecule has 1 saturated heterocycles. The molecule has 1 heterocycles. The summed E-state index contributed by atoms with van der Waals surface area (Å²) in [5.74, 6) is -19.5. The van der Waals surface area contributed by atoms with Crippen molar-refractivity contribution in [2.75, 3.05) is 32.8 Å². The van der Waals surface area contributed by atoms with E-state index in [9.17, 15) is 53.4 Å². The molecule has 3 nitrogen and oxygen atoms in total. The molecule has 0 aromatic carbocycles. The summed E-state index contributed by atoms with van der Waals surface area (Å²) in [7, 11) is 0. The Morgan fingerprint density at radius 3 is 1.74 bits per heavy atom. The third-order valence-corrected chi connectivity index (χ3v) is 4.70. The SMILES string of the molecule is OC(CN1CCOCC1)CC(F)(F)CCC(F)(F)CC(F)(F)C(F)(F)CCC(F)(F)F. The summed E-state index contributed by atoms with van der Waals surface area (Å²) in [6.07, 6.45) is -19.3. The Morgan fingerprint density at radius 2 is 1.23 bits per heavy atom. The van der Waals surface area contributed by atoms with E-state index in [0.717, 1.165) is 0 Å². The number of β-amino-alcohol motifs (C(OH)–C–C–N with tert-alkyl or cyclic N) is 1. The molecule has 31 heavy (non-hydrogen) atoms. The number of rotatable bonds is 12. The van der Waals surface area contributed by atoms with Gasteiger partial charge >= 0.3 is 18.0 Å². The Morgan fingerprint density at radius 1 is 0.710 bits per heavy atom. The smallest absolute Gasteiger partial charge is 0.389 e. The Labute approximate surface area is 171 Å². The number of alkyl halides is 11. The van der Waals surface area contributed by atoms with Gasteiger partial charge in [0.1, 0.15) is 0 Å². The van der Waals surface area contributed by atoms with Crippen LogP contribution in [0.15, 0.2) is 0 Å².